The Balaban J connectivity index is 1.32. The van der Waals surface area contributed by atoms with Crippen molar-refractivity contribution in [3.05, 3.63) is 105 Å². The molecule has 1 aliphatic heterocycles. The van der Waals surface area contributed by atoms with Gasteiger partial charge in [-0.05, 0) is 0 Å². The fourth-order valence-corrected chi connectivity index (χ4v) is 12.2. The zero-order valence-corrected chi connectivity index (χ0v) is 24.2. The van der Waals surface area contributed by atoms with Crippen molar-refractivity contribution in [2.75, 3.05) is 4.90 Å². The van der Waals surface area contributed by atoms with Gasteiger partial charge in [-0.25, -0.2) is 0 Å². The minimum absolute atomic E-state index is 0.0286. The number of rotatable bonds is 2. The summed E-state index contributed by atoms with van der Waals surface area (Å²) in [4.78, 5) is 31.0. The van der Waals surface area contributed by atoms with Crippen LogP contribution in [0.5, 0.6) is 0 Å². The Bertz CT molecular complexity index is 1670. The summed E-state index contributed by atoms with van der Waals surface area (Å²) < 4.78 is 3.46. The molecule has 7 rings (SSSR count). The summed E-state index contributed by atoms with van der Waals surface area (Å²) in [5, 5.41) is 3.96. The molecule has 0 N–H and O–H groups in total. The van der Waals surface area contributed by atoms with E-state index in [0.717, 1.165) is 9.82 Å². The van der Waals surface area contributed by atoms with Crippen LogP contribution in [0.4, 0.5) is 15.9 Å². The second-order valence-corrected chi connectivity index (χ2v) is 18.4. The van der Waals surface area contributed by atoms with Crippen LogP contribution in [-0.2, 0) is 0 Å². The molecule has 0 spiro atoms. The van der Waals surface area contributed by atoms with Crippen LogP contribution < -0.4 is 15.3 Å². The van der Waals surface area contributed by atoms with Gasteiger partial charge in [-0.1, -0.05) is 0 Å². The van der Waals surface area contributed by atoms with Crippen LogP contribution in [0.25, 0.3) is 15.7 Å². The first-order chi connectivity index (χ1) is 17.4. The summed E-state index contributed by atoms with van der Waals surface area (Å²) in [5.41, 5.74) is 3.95. The fourth-order valence-electron chi connectivity index (χ4n) is 5.50. The molecule has 3 heterocycles. The Kier molecular flexibility index (Phi) is 4.95. The number of hydrogen-bond donors (Lipinski definition) is 0. The number of anilines is 3. The third-order valence-electron chi connectivity index (χ3n) is 7.33. The molecule has 2 aromatic heterocycles. The van der Waals surface area contributed by atoms with Gasteiger partial charge in [0, 0.05) is 0 Å². The van der Waals surface area contributed by atoms with Crippen molar-refractivity contribution >= 4 is 90.7 Å². The molecule has 0 radical (unpaired) electrons. The molecule has 36 heavy (non-hydrogen) atoms. The van der Waals surface area contributed by atoms with Crippen LogP contribution in [-0.4, -0.2) is 48.6 Å². The Hall–Kier alpha value is -2.98. The van der Waals surface area contributed by atoms with Gasteiger partial charge in [0.1, 0.15) is 0 Å². The van der Waals surface area contributed by atoms with E-state index in [1.165, 1.54) is 30.6 Å². The topological polar surface area (TPSA) is 37.4 Å². The number of benzene rings is 3. The quantitative estimate of drug-likeness (QED) is 0.160. The van der Waals surface area contributed by atoms with Crippen molar-refractivity contribution in [1.29, 1.82) is 0 Å². The molecule has 174 valence electrons. The van der Waals surface area contributed by atoms with E-state index >= 15 is 0 Å². The number of carbonyl (C=O) groups is 2. The summed E-state index contributed by atoms with van der Waals surface area (Å²) >= 11 is 0.216. The molecule has 2 aliphatic rings. The molecule has 1 aliphatic carbocycles. The Morgan fingerprint density at radius 1 is 0.778 bits per heavy atom. The number of ketones is 2. The summed E-state index contributed by atoms with van der Waals surface area (Å²) in [6.07, 6.45) is 1.85. The number of hydrogen-bond acceptors (Lipinski definition) is 3. The number of fused-ring (bicyclic) bond motifs is 4. The van der Waals surface area contributed by atoms with Crippen LogP contribution in [0.2, 0.25) is 13.1 Å². The first kappa shape index (κ1) is 22.2. The van der Waals surface area contributed by atoms with Crippen molar-refractivity contribution < 1.29 is 9.59 Å². The van der Waals surface area contributed by atoms with Gasteiger partial charge < -0.3 is 0 Å². The molecule has 3 nitrogen and oxygen atoms in total. The average molecular weight is 614 g/mol. The SMILES string of the molecule is C[Si]1(C)c2ccccc2N(c2ccc(/C=C3/C(=O)c4cc5cc[se]c5cc4C3=O)[se]2)c2ccccc21. The monoisotopic (exact) mass is 615 g/mol. The summed E-state index contributed by atoms with van der Waals surface area (Å²) in [7, 11) is -1.82. The molecule has 0 fully saturated rings. The minimum atomic E-state index is -1.82. The molecule has 5 aromatic rings. The van der Waals surface area contributed by atoms with Crippen molar-refractivity contribution in [1.82, 2.24) is 0 Å². The van der Waals surface area contributed by atoms with Crippen molar-refractivity contribution in [3.63, 3.8) is 0 Å². The zero-order valence-electron chi connectivity index (χ0n) is 19.7. The number of allylic oxidation sites excluding steroid dienone is 1. The van der Waals surface area contributed by atoms with Crippen LogP contribution in [0.15, 0.2) is 89.4 Å². The van der Waals surface area contributed by atoms with Gasteiger partial charge in [-0.3, -0.25) is 0 Å². The van der Waals surface area contributed by atoms with Gasteiger partial charge >= 0.3 is 223 Å². The van der Waals surface area contributed by atoms with Gasteiger partial charge in [0.25, 0.3) is 0 Å². The molecular weight excluding hydrogens is 592 g/mol. The normalized spacial score (nSPS) is 16.9. The van der Waals surface area contributed by atoms with E-state index < -0.39 is 8.07 Å². The molecule has 6 heteroatoms. The molecule has 0 atom stereocenters. The number of para-hydroxylation sites is 2. The third-order valence-corrected chi connectivity index (χ3v) is 14.8. The summed E-state index contributed by atoms with van der Waals surface area (Å²) in [6, 6.07) is 27.7. The van der Waals surface area contributed by atoms with Crippen molar-refractivity contribution in [2.24, 2.45) is 0 Å². The second-order valence-electron chi connectivity index (χ2n) is 9.74. The Morgan fingerprint density at radius 2 is 1.42 bits per heavy atom. The zero-order chi connectivity index (χ0) is 24.6. The van der Waals surface area contributed by atoms with Crippen LogP contribution in [0.3, 0.4) is 0 Å². The van der Waals surface area contributed by atoms with Gasteiger partial charge in [-0.2, -0.15) is 0 Å². The maximum atomic E-state index is 13.2. The van der Waals surface area contributed by atoms with Crippen LogP contribution in [0, 0.1) is 0 Å². The van der Waals surface area contributed by atoms with Crippen LogP contribution in [0.1, 0.15) is 25.2 Å². The number of Topliss-reactive ketones (excluding diaryl/α,β-unsaturated/α-hetero) is 2. The first-order valence-corrected chi connectivity index (χ1v) is 18.4. The van der Waals surface area contributed by atoms with Gasteiger partial charge in [-0.15, -0.1) is 0 Å². The summed E-state index contributed by atoms with van der Waals surface area (Å²) in [6.45, 7) is 4.85. The van der Waals surface area contributed by atoms with Gasteiger partial charge in [0.15, 0.2) is 0 Å². The average Bonchev–Trinajstić information content (AvgIpc) is 3.59. The van der Waals surface area contributed by atoms with Crippen molar-refractivity contribution in [2.45, 2.75) is 13.1 Å². The van der Waals surface area contributed by atoms with Gasteiger partial charge in [0.2, 0.25) is 0 Å². The van der Waals surface area contributed by atoms with E-state index in [-0.39, 0.29) is 40.6 Å². The predicted octanol–water partition coefficient (Wildman–Crippen LogP) is 5.02. The number of carbonyl (C=O) groups excluding carboxylic acids is 2. The molecule has 0 unspecified atom stereocenters. The van der Waals surface area contributed by atoms with E-state index in [4.69, 9.17) is 0 Å². The Morgan fingerprint density at radius 3 is 2.11 bits per heavy atom. The molecule has 3 aromatic carbocycles. The van der Waals surface area contributed by atoms with Gasteiger partial charge in [0.05, 0.1) is 0 Å². The molecule has 0 saturated heterocycles. The standard InChI is InChI=1S/C30H21NO2Se2Si/c1-36(2)26-9-5-3-7-23(26)31(24-8-4-6-10-27(24)36)28-12-11-19(35-28)16-22-29(32)20-15-18-13-14-34-25(18)17-21(20)30(22)33/h3-17H,1-2H3/b22-16-. The molecule has 0 bridgehead atoms. The summed E-state index contributed by atoms with van der Waals surface area (Å²) in [5.74, 6) is -0.274. The molecule has 0 amide bonds. The Labute approximate surface area is 222 Å². The first-order valence-electron chi connectivity index (χ1n) is 11.8. The van der Waals surface area contributed by atoms with E-state index in [1.807, 2.05) is 18.2 Å². The maximum absolute atomic E-state index is 13.2. The van der Waals surface area contributed by atoms with Crippen molar-refractivity contribution in [3.8, 4) is 0 Å². The third kappa shape index (κ3) is 3.16. The van der Waals surface area contributed by atoms with Crippen LogP contribution >= 0.6 is 0 Å². The van der Waals surface area contributed by atoms with E-state index in [0.29, 0.717) is 16.7 Å². The molecule has 0 saturated carbocycles. The van der Waals surface area contributed by atoms with E-state index in [1.54, 1.807) is 0 Å². The van der Waals surface area contributed by atoms with E-state index in [2.05, 4.69) is 89.7 Å². The van der Waals surface area contributed by atoms with E-state index in [9.17, 15) is 9.59 Å². The molecular formula is C30H21NO2Se2Si. The predicted molar refractivity (Wildman–Crippen MR) is 152 cm³/mol. The second kappa shape index (κ2) is 8.01. The fraction of sp³-hybridized carbons (Fsp3) is 0.0667. The number of nitrogens with zero attached hydrogens (tertiary/aromatic N) is 1.